The molecule has 0 unspecified atom stereocenters. The van der Waals surface area contributed by atoms with Crippen LogP contribution in [-0.4, -0.2) is 16.7 Å². The van der Waals surface area contributed by atoms with Crippen LogP contribution in [0.2, 0.25) is 0 Å². The lowest BCUT2D eigenvalue weighted by Crippen LogP contribution is -1.91. The van der Waals surface area contributed by atoms with Gasteiger partial charge in [0.1, 0.15) is 5.82 Å². The summed E-state index contributed by atoms with van der Waals surface area (Å²) in [4.78, 5) is 3.95. The number of aromatic nitrogens is 1. The molecule has 0 radical (unpaired) electrons. The van der Waals surface area contributed by atoms with Crippen molar-refractivity contribution in [3.63, 3.8) is 0 Å². The number of rotatable bonds is 2. The minimum atomic E-state index is -0.306. The van der Waals surface area contributed by atoms with Crippen molar-refractivity contribution in [1.29, 1.82) is 0 Å². The van der Waals surface area contributed by atoms with E-state index in [9.17, 15) is 4.39 Å². The molecule has 1 aromatic rings. The van der Waals surface area contributed by atoms with Crippen LogP contribution in [0.5, 0.6) is 0 Å². The average Bonchev–Trinajstić information content (AvgIpc) is 2.85. The molecule has 2 rings (SSSR count). The fourth-order valence-electron chi connectivity index (χ4n) is 1.42. The van der Waals surface area contributed by atoms with Gasteiger partial charge in [0.25, 0.3) is 0 Å². The molecule has 0 aliphatic heterocycles. The highest BCUT2D eigenvalue weighted by molar-refractivity contribution is 5.18. The van der Waals surface area contributed by atoms with Crippen molar-refractivity contribution in [2.45, 2.75) is 12.3 Å². The SMILES string of the molecule is OC[C@H]1C[C@@H]1c1ccc(F)cn1. The minimum Gasteiger partial charge on any atom is -0.396 e. The predicted molar refractivity (Wildman–Crippen MR) is 42.1 cm³/mol. The van der Waals surface area contributed by atoms with E-state index in [-0.39, 0.29) is 12.4 Å². The van der Waals surface area contributed by atoms with Crippen LogP contribution in [-0.2, 0) is 0 Å². The first-order valence-electron chi connectivity index (χ1n) is 4.03. The first-order valence-corrected chi connectivity index (χ1v) is 4.03. The molecule has 0 amide bonds. The molecule has 1 N–H and O–H groups in total. The van der Waals surface area contributed by atoms with E-state index in [1.807, 2.05) is 0 Å². The van der Waals surface area contributed by atoms with Crippen LogP contribution < -0.4 is 0 Å². The topological polar surface area (TPSA) is 33.1 Å². The standard InChI is InChI=1S/C9H10FNO/c10-7-1-2-9(11-4-7)8-3-6(8)5-12/h1-2,4,6,8,12H,3,5H2/t6-,8+/m1/s1. The lowest BCUT2D eigenvalue weighted by Gasteiger charge is -1.96. The van der Waals surface area contributed by atoms with Crippen LogP contribution in [0.3, 0.4) is 0 Å². The summed E-state index contributed by atoms with van der Waals surface area (Å²) >= 11 is 0. The van der Waals surface area contributed by atoms with Gasteiger partial charge in [-0.1, -0.05) is 0 Å². The van der Waals surface area contributed by atoms with Crippen LogP contribution >= 0.6 is 0 Å². The third-order valence-electron chi connectivity index (χ3n) is 2.29. The van der Waals surface area contributed by atoms with Crippen molar-refractivity contribution in [3.05, 3.63) is 29.8 Å². The second-order valence-electron chi connectivity index (χ2n) is 3.19. The van der Waals surface area contributed by atoms with Gasteiger partial charge in [0.05, 0.1) is 6.20 Å². The molecule has 1 aromatic heterocycles. The van der Waals surface area contributed by atoms with Crippen LogP contribution in [0.1, 0.15) is 18.0 Å². The summed E-state index contributed by atoms with van der Waals surface area (Å²) < 4.78 is 12.4. The molecule has 2 atom stereocenters. The largest absolute Gasteiger partial charge is 0.396 e. The van der Waals surface area contributed by atoms with Crippen molar-refractivity contribution in [1.82, 2.24) is 4.98 Å². The normalized spacial score (nSPS) is 27.2. The highest BCUT2D eigenvalue weighted by Crippen LogP contribution is 2.45. The molecular weight excluding hydrogens is 157 g/mol. The fraction of sp³-hybridized carbons (Fsp3) is 0.444. The van der Waals surface area contributed by atoms with Gasteiger partial charge in [-0.05, 0) is 24.5 Å². The summed E-state index contributed by atoms with van der Waals surface area (Å²) in [6.45, 7) is 0.212. The van der Waals surface area contributed by atoms with Gasteiger partial charge in [-0.15, -0.1) is 0 Å². The van der Waals surface area contributed by atoms with E-state index in [1.54, 1.807) is 6.07 Å². The lowest BCUT2D eigenvalue weighted by molar-refractivity contribution is 0.273. The fourth-order valence-corrected chi connectivity index (χ4v) is 1.42. The molecule has 0 spiro atoms. The van der Waals surface area contributed by atoms with Gasteiger partial charge in [-0.2, -0.15) is 0 Å². The zero-order valence-electron chi connectivity index (χ0n) is 6.57. The number of pyridine rings is 1. The summed E-state index contributed by atoms with van der Waals surface area (Å²) in [5.74, 6) is 0.401. The minimum absolute atomic E-state index is 0.212. The van der Waals surface area contributed by atoms with Crippen molar-refractivity contribution >= 4 is 0 Å². The summed E-state index contributed by atoms with van der Waals surface area (Å²) in [7, 11) is 0. The van der Waals surface area contributed by atoms with Crippen LogP contribution in [0.25, 0.3) is 0 Å². The summed E-state index contributed by atoms with van der Waals surface area (Å²) in [6, 6.07) is 3.10. The quantitative estimate of drug-likeness (QED) is 0.720. The van der Waals surface area contributed by atoms with Crippen LogP contribution in [0.15, 0.2) is 18.3 Å². The molecule has 0 aromatic carbocycles. The maximum absolute atomic E-state index is 12.4. The third kappa shape index (κ3) is 1.32. The Balaban J connectivity index is 2.10. The zero-order valence-corrected chi connectivity index (χ0v) is 6.57. The molecule has 3 heteroatoms. The smallest absolute Gasteiger partial charge is 0.141 e. The maximum Gasteiger partial charge on any atom is 0.141 e. The van der Waals surface area contributed by atoms with Gasteiger partial charge in [0.15, 0.2) is 0 Å². The van der Waals surface area contributed by atoms with Gasteiger partial charge in [-0.25, -0.2) is 4.39 Å². The van der Waals surface area contributed by atoms with E-state index in [0.717, 1.165) is 12.1 Å². The average molecular weight is 167 g/mol. The third-order valence-corrected chi connectivity index (χ3v) is 2.29. The van der Waals surface area contributed by atoms with Crippen molar-refractivity contribution in [3.8, 4) is 0 Å². The molecule has 0 saturated heterocycles. The Morgan fingerprint density at radius 3 is 2.92 bits per heavy atom. The molecule has 0 bridgehead atoms. The van der Waals surface area contributed by atoms with E-state index in [4.69, 9.17) is 5.11 Å². The molecule has 64 valence electrons. The first-order chi connectivity index (χ1) is 5.81. The number of hydrogen-bond donors (Lipinski definition) is 1. The lowest BCUT2D eigenvalue weighted by atomic mass is 10.2. The van der Waals surface area contributed by atoms with Crippen molar-refractivity contribution < 1.29 is 9.50 Å². The first kappa shape index (κ1) is 7.68. The van der Waals surface area contributed by atoms with Crippen molar-refractivity contribution in [2.24, 2.45) is 5.92 Å². The highest BCUT2D eigenvalue weighted by Gasteiger charge is 2.38. The Morgan fingerprint density at radius 2 is 2.42 bits per heavy atom. The van der Waals surface area contributed by atoms with E-state index in [0.29, 0.717) is 11.8 Å². The summed E-state index contributed by atoms with van der Waals surface area (Å²) in [5, 5.41) is 8.79. The predicted octanol–water partition coefficient (Wildman–Crippen LogP) is 1.32. The Labute approximate surface area is 70.1 Å². The van der Waals surface area contributed by atoms with Gasteiger partial charge < -0.3 is 5.11 Å². The number of nitrogens with zero attached hydrogens (tertiary/aromatic N) is 1. The number of halogens is 1. The number of aliphatic hydroxyl groups excluding tert-OH is 1. The monoisotopic (exact) mass is 167 g/mol. The van der Waals surface area contributed by atoms with Crippen LogP contribution in [0, 0.1) is 11.7 Å². The number of hydrogen-bond acceptors (Lipinski definition) is 2. The molecule has 2 nitrogen and oxygen atoms in total. The van der Waals surface area contributed by atoms with E-state index < -0.39 is 0 Å². The Morgan fingerprint density at radius 1 is 1.58 bits per heavy atom. The second kappa shape index (κ2) is 2.83. The number of aliphatic hydroxyl groups is 1. The molecule has 12 heavy (non-hydrogen) atoms. The van der Waals surface area contributed by atoms with Gasteiger partial charge in [0, 0.05) is 18.2 Å². The van der Waals surface area contributed by atoms with E-state index in [2.05, 4.69) is 4.98 Å². The highest BCUT2D eigenvalue weighted by atomic mass is 19.1. The van der Waals surface area contributed by atoms with Gasteiger partial charge in [0.2, 0.25) is 0 Å². The van der Waals surface area contributed by atoms with Crippen LogP contribution in [0.4, 0.5) is 4.39 Å². The maximum atomic E-state index is 12.4. The zero-order chi connectivity index (χ0) is 8.55. The van der Waals surface area contributed by atoms with E-state index >= 15 is 0 Å². The second-order valence-corrected chi connectivity index (χ2v) is 3.19. The molecule has 1 aliphatic carbocycles. The Bertz CT molecular complexity index is 272. The van der Waals surface area contributed by atoms with Gasteiger partial charge >= 0.3 is 0 Å². The van der Waals surface area contributed by atoms with Crippen molar-refractivity contribution in [2.75, 3.05) is 6.61 Å². The molecule has 1 fully saturated rings. The molecule has 1 aliphatic rings. The molecule has 1 saturated carbocycles. The molecular formula is C9H10FNO. The van der Waals surface area contributed by atoms with Gasteiger partial charge in [-0.3, -0.25) is 4.98 Å². The molecule has 1 heterocycles. The Kier molecular flexibility index (Phi) is 1.81. The van der Waals surface area contributed by atoms with E-state index in [1.165, 1.54) is 12.3 Å². The Hall–Kier alpha value is -0.960. The summed E-state index contributed by atoms with van der Waals surface area (Å²) in [6.07, 6.45) is 2.21. The summed E-state index contributed by atoms with van der Waals surface area (Å²) in [5.41, 5.74) is 0.899.